The van der Waals surface area contributed by atoms with Crippen LogP contribution in [-0.4, -0.2) is 43.2 Å². The van der Waals surface area contributed by atoms with Crippen LogP contribution in [0.1, 0.15) is 54.9 Å². The zero-order valence-electron chi connectivity index (χ0n) is 23.2. The number of hydrogen-bond acceptors (Lipinski definition) is 8. The Hall–Kier alpha value is -3.66. The minimum atomic E-state index is -3.71. The molecular weight excluding hydrogens is 558 g/mol. The van der Waals surface area contributed by atoms with Crippen LogP contribution in [0.4, 0.5) is 0 Å². The van der Waals surface area contributed by atoms with Crippen LogP contribution in [0.2, 0.25) is 0 Å². The van der Waals surface area contributed by atoms with E-state index in [-0.39, 0.29) is 23.0 Å². The number of phenols is 1. The minimum Gasteiger partial charge on any atom is -0.508 e. The topological polar surface area (TPSA) is 93.1 Å². The number of piperidine rings is 1. The first kappa shape index (κ1) is 30.3. The number of benzene rings is 3. The molecule has 1 fully saturated rings. The standard InChI is InChI=1S/C30H31NO6S2.C2H4/c1-2-3-19-39(34,35)37-25-15-16-26-27(20-25)38-30(22-7-11-23(32)12-8-22)28(26)29(33)21-9-13-24(14-10-21)36-31-17-5-4-6-18-31;1-2/h7-16,20,32H,2-6,17-19H2,1H3;1-2H2. The summed E-state index contributed by atoms with van der Waals surface area (Å²) in [6.07, 6.45) is 4.71. The number of thiophene rings is 1. The van der Waals surface area contributed by atoms with Gasteiger partial charge in [-0.05, 0) is 91.6 Å². The third-order valence-corrected chi connectivity index (χ3v) is 9.09. The van der Waals surface area contributed by atoms with Gasteiger partial charge in [0.2, 0.25) is 0 Å². The average Bonchev–Trinajstić information content (AvgIpc) is 3.36. The molecule has 0 amide bonds. The molecule has 0 bridgehead atoms. The molecule has 1 aliphatic rings. The zero-order valence-corrected chi connectivity index (χ0v) is 24.8. The van der Waals surface area contributed by atoms with E-state index in [2.05, 4.69) is 13.2 Å². The van der Waals surface area contributed by atoms with Crippen LogP contribution in [0.3, 0.4) is 0 Å². The summed E-state index contributed by atoms with van der Waals surface area (Å²) in [7, 11) is -3.71. The van der Waals surface area contributed by atoms with E-state index in [0.717, 1.165) is 47.5 Å². The Balaban J connectivity index is 0.00000189. The first-order valence-corrected chi connectivity index (χ1v) is 16.1. The number of carbonyl (C=O) groups is 1. The van der Waals surface area contributed by atoms with Crippen LogP contribution in [0.15, 0.2) is 79.9 Å². The number of hydrogen-bond donors (Lipinski definition) is 1. The van der Waals surface area contributed by atoms with Gasteiger partial charge < -0.3 is 14.1 Å². The predicted octanol–water partition coefficient (Wildman–Crippen LogP) is 7.60. The fourth-order valence-electron chi connectivity index (χ4n) is 4.60. The summed E-state index contributed by atoms with van der Waals surface area (Å²) in [5.74, 6) is 0.832. The van der Waals surface area contributed by atoms with Gasteiger partial charge in [0.1, 0.15) is 17.2 Å². The van der Waals surface area contributed by atoms with Crippen molar-refractivity contribution in [1.29, 1.82) is 0 Å². The van der Waals surface area contributed by atoms with Crippen molar-refractivity contribution in [3.63, 3.8) is 0 Å². The SMILES string of the molecule is C=C.CCCCS(=O)(=O)Oc1ccc2c(C(=O)c3ccc(ON4CCCCC4)cc3)c(-c3ccc(O)cc3)sc2c1. The van der Waals surface area contributed by atoms with Gasteiger partial charge in [-0.3, -0.25) is 4.79 Å². The highest BCUT2D eigenvalue weighted by molar-refractivity contribution is 7.87. The molecule has 3 aromatic carbocycles. The number of phenolic OH excluding ortho intramolecular Hbond substituents is 1. The molecule has 0 aliphatic carbocycles. The van der Waals surface area contributed by atoms with Crippen LogP contribution in [0.5, 0.6) is 17.2 Å². The number of ketones is 1. The van der Waals surface area contributed by atoms with E-state index in [0.29, 0.717) is 28.7 Å². The second kappa shape index (κ2) is 13.8. The molecule has 5 rings (SSSR count). The number of carbonyl (C=O) groups excluding carboxylic acids is 1. The van der Waals surface area contributed by atoms with E-state index in [1.165, 1.54) is 17.8 Å². The molecule has 2 heterocycles. The van der Waals surface area contributed by atoms with Crippen molar-refractivity contribution in [1.82, 2.24) is 5.06 Å². The maximum Gasteiger partial charge on any atom is 0.309 e. The van der Waals surface area contributed by atoms with Gasteiger partial charge in [0.15, 0.2) is 5.78 Å². The smallest absolute Gasteiger partial charge is 0.309 e. The lowest BCUT2D eigenvalue weighted by Gasteiger charge is -2.26. The van der Waals surface area contributed by atoms with Crippen LogP contribution in [0.25, 0.3) is 20.5 Å². The molecule has 41 heavy (non-hydrogen) atoms. The van der Waals surface area contributed by atoms with E-state index in [1.54, 1.807) is 54.6 Å². The van der Waals surface area contributed by atoms with Crippen molar-refractivity contribution in [2.45, 2.75) is 39.0 Å². The highest BCUT2D eigenvalue weighted by Crippen LogP contribution is 2.42. The summed E-state index contributed by atoms with van der Waals surface area (Å²) in [4.78, 5) is 20.6. The predicted molar refractivity (Wildman–Crippen MR) is 165 cm³/mol. The summed E-state index contributed by atoms with van der Waals surface area (Å²) in [6, 6.07) is 18.8. The van der Waals surface area contributed by atoms with Crippen molar-refractivity contribution in [3.05, 3.63) is 91.0 Å². The molecule has 216 valence electrons. The highest BCUT2D eigenvalue weighted by Gasteiger charge is 2.23. The van der Waals surface area contributed by atoms with E-state index >= 15 is 0 Å². The second-order valence-corrected chi connectivity index (χ2v) is 12.4. The Morgan fingerprint density at radius 1 is 0.951 bits per heavy atom. The third kappa shape index (κ3) is 7.55. The molecular formula is C32H35NO6S2. The average molecular weight is 594 g/mol. The molecule has 7 nitrogen and oxygen atoms in total. The van der Waals surface area contributed by atoms with Crippen LogP contribution in [-0.2, 0) is 10.1 Å². The monoisotopic (exact) mass is 593 g/mol. The van der Waals surface area contributed by atoms with E-state index in [1.807, 2.05) is 24.1 Å². The summed E-state index contributed by atoms with van der Waals surface area (Å²) in [6.45, 7) is 9.71. The molecule has 0 radical (unpaired) electrons. The zero-order chi connectivity index (χ0) is 29.4. The van der Waals surface area contributed by atoms with Gasteiger partial charge in [-0.1, -0.05) is 19.8 Å². The van der Waals surface area contributed by atoms with E-state index in [9.17, 15) is 18.3 Å². The summed E-state index contributed by atoms with van der Waals surface area (Å²) < 4.78 is 30.8. The number of rotatable bonds is 10. The third-order valence-electron chi connectivity index (χ3n) is 6.66. The van der Waals surface area contributed by atoms with Crippen molar-refractivity contribution < 1.29 is 27.3 Å². The highest BCUT2D eigenvalue weighted by atomic mass is 32.2. The number of hydroxylamine groups is 2. The van der Waals surface area contributed by atoms with Gasteiger partial charge in [-0.2, -0.15) is 8.42 Å². The Labute approximate surface area is 245 Å². The lowest BCUT2D eigenvalue weighted by Crippen LogP contribution is -2.32. The summed E-state index contributed by atoms with van der Waals surface area (Å²) >= 11 is 1.38. The molecule has 4 aromatic rings. The first-order valence-electron chi connectivity index (χ1n) is 13.7. The molecule has 9 heteroatoms. The Bertz CT molecular complexity index is 1570. The number of nitrogens with zero attached hydrogens (tertiary/aromatic N) is 1. The van der Waals surface area contributed by atoms with Crippen molar-refractivity contribution in [2.75, 3.05) is 18.8 Å². The fraction of sp³-hybridized carbons (Fsp3) is 0.281. The molecule has 0 atom stereocenters. The molecule has 1 saturated heterocycles. The molecule has 0 spiro atoms. The van der Waals surface area contributed by atoms with Crippen LogP contribution < -0.4 is 9.02 Å². The summed E-state index contributed by atoms with van der Waals surface area (Å²) in [5, 5.41) is 12.5. The Morgan fingerprint density at radius 2 is 1.61 bits per heavy atom. The molecule has 0 saturated carbocycles. The molecule has 0 unspecified atom stereocenters. The molecule has 1 aromatic heterocycles. The number of unbranched alkanes of at least 4 members (excludes halogenated alkanes) is 1. The normalized spacial score (nSPS) is 13.8. The van der Waals surface area contributed by atoms with Gasteiger partial charge in [0.05, 0.1) is 5.75 Å². The molecule has 1 aliphatic heterocycles. The van der Waals surface area contributed by atoms with Gasteiger partial charge >= 0.3 is 10.1 Å². The van der Waals surface area contributed by atoms with Crippen molar-refractivity contribution in [3.8, 4) is 27.7 Å². The quantitative estimate of drug-likeness (QED) is 0.115. The van der Waals surface area contributed by atoms with Gasteiger partial charge in [0.25, 0.3) is 0 Å². The lowest BCUT2D eigenvalue weighted by molar-refractivity contribution is -0.0720. The van der Waals surface area contributed by atoms with E-state index in [4.69, 9.17) is 9.02 Å². The summed E-state index contributed by atoms with van der Waals surface area (Å²) in [5.41, 5.74) is 1.81. The van der Waals surface area contributed by atoms with Gasteiger partial charge in [-0.15, -0.1) is 29.6 Å². The first-order chi connectivity index (χ1) is 19.8. The number of aromatic hydroxyl groups is 1. The maximum absolute atomic E-state index is 13.9. The van der Waals surface area contributed by atoms with Crippen LogP contribution in [0, 0.1) is 0 Å². The Morgan fingerprint density at radius 3 is 2.27 bits per heavy atom. The van der Waals surface area contributed by atoms with Crippen molar-refractivity contribution in [2.24, 2.45) is 0 Å². The Kier molecular flexibility index (Phi) is 10.2. The molecule has 1 N–H and O–H groups in total. The van der Waals surface area contributed by atoms with Crippen molar-refractivity contribution >= 4 is 37.3 Å². The lowest BCUT2D eigenvalue weighted by atomic mass is 9.97. The fourth-order valence-corrected chi connectivity index (χ4v) is 6.95. The number of fused-ring (bicyclic) bond motifs is 1. The van der Waals surface area contributed by atoms with Gasteiger partial charge in [-0.25, -0.2) is 0 Å². The van der Waals surface area contributed by atoms with E-state index < -0.39 is 10.1 Å². The van der Waals surface area contributed by atoms with Crippen LogP contribution >= 0.6 is 11.3 Å². The van der Waals surface area contributed by atoms with Gasteiger partial charge in [0, 0.05) is 39.2 Å². The maximum atomic E-state index is 13.9. The largest absolute Gasteiger partial charge is 0.508 e. The second-order valence-electron chi connectivity index (χ2n) is 9.64. The minimum absolute atomic E-state index is 0.0497.